The zero-order valence-electron chi connectivity index (χ0n) is 11.1. The van der Waals surface area contributed by atoms with Crippen LogP contribution in [0, 0.1) is 0 Å². The van der Waals surface area contributed by atoms with E-state index < -0.39 is 0 Å². The van der Waals surface area contributed by atoms with Gasteiger partial charge in [0, 0.05) is 7.11 Å². The number of carbonyl (C=O) groups is 1. The molecule has 1 atom stereocenters. The van der Waals surface area contributed by atoms with Crippen molar-refractivity contribution in [3.05, 3.63) is 29.8 Å². The lowest BCUT2D eigenvalue weighted by Gasteiger charge is -2.13. The summed E-state index contributed by atoms with van der Waals surface area (Å²) < 4.78 is 16.0. The first kappa shape index (κ1) is 14.7. The lowest BCUT2D eigenvalue weighted by Crippen LogP contribution is -2.18. The van der Waals surface area contributed by atoms with E-state index in [1.165, 1.54) is 6.92 Å². The van der Waals surface area contributed by atoms with Gasteiger partial charge in [0.05, 0.1) is 24.9 Å². The quantitative estimate of drug-likeness (QED) is 0.526. The number of hydrogen-bond acceptors (Lipinski definition) is 4. The zero-order valence-corrected chi connectivity index (χ0v) is 11.1. The van der Waals surface area contributed by atoms with Crippen LogP contribution in [-0.2, 0) is 9.47 Å². The van der Waals surface area contributed by atoms with Gasteiger partial charge in [-0.3, -0.25) is 4.79 Å². The summed E-state index contributed by atoms with van der Waals surface area (Å²) in [5.41, 5.74) is 0.599. The normalized spacial score (nSPS) is 12.2. The molecule has 1 aromatic carbocycles. The molecule has 0 fully saturated rings. The van der Waals surface area contributed by atoms with Crippen LogP contribution in [0.25, 0.3) is 0 Å². The maximum atomic E-state index is 11.4. The van der Waals surface area contributed by atoms with E-state index >= 15 is 0 Å². The Hall–Kier alpha value is -1.39. The molecular weight excluding hydrogens is 232 g/mol. The van der Waals surface area contributed by atoms with Crippen molar-refractivity contribution in [2.24, 2.45) is 0 Å². The summed E-state index contributed by atoms with van der Waals surface area (Å²) in [4.78, 5) is 11.4. The minimum absolute atomic E-state index is 0.000676. The molecule has 0 spiro atoms. The molecule has 0 radical (unpaired) electrons. The molecule has 0 amide bonds. The van der Waals surface area contributed by atoms with Crippen molar-refractivity contribution in [2.75, 3.05) is 26.9 Å². The Morgan fingerprint density at radius 3 is 2.67 bits per heavy atom. The monoisotopic (exact) mass is 252 g/mol. The number of carbonyl (C=O) groups excluding carboxylic acids is 1. The van der Waals surface area contributed by atoms with Gasteiger partial charge < -0.3 is 14.2 Å². The molecule has 1 unspecified atom stereocenters. The molecule has 0 aromatic heterocycles. The van der Waals surface area contributed by atoms with Crippen molar-refractivity contribution in [1.29, 1.82) is 0 Å². The molecule has 0 heterocycles. The molecular formula is C14H20O4. The molecule has 4 nitrogen and oxygen atoms in total. The van der Waals surface area contributed by atoms with Crippen molar-refractivity contribution in [1.82, 2.24) is 0 Å². The van der Waals surface area contributed by atoms with Crippen molar-refractivity contribution in [3.63, 3.8) is 0 Å². The van der Waals surface area contributed by atoms with Crippen molar-refractivity contribution < 1.29 is 19.0 Å². The van der Waals surface area contributed by atoms with Gasteiger partial charge in [0.2, 0.25) is 0 Å². The minimum atomic E-state index is -0.000676. The number of ether oxygens (including phenoxy) is 3. The Morgan fingerprint density at radius 2 is 2.00 bits per heavy atom. The fourth-order valence-electron chi connectivity index (χ4n) is 1.57. The van der Waals surface area contributed by atoms with Gasteiger partial charge in [-0.2, -0.15) is 0 Å². The van der Waals surface area contributed by atoms with Crippen LogP contribution < -0.4 is 4.74 Å². The highest BCUT2D eigenvalue weighted by molar-refractivity contribution is 5.96. The smallest absolute Gasteiger partial charge is 0.163 e. The van der Waals surface area contributed by atoms with E-state index in [0.717, 1.165) is 0 Å². The van der Waals surface area contributed by atoms with Gasteiger partial charge in [-0.1, -0.05) is 12.1 Å². The standard InChI is InChI=1S/C14H20O4/c1-11(10-16-3)17-8-9-18-14-7-5-4-6-13(14)12(2)15/h4-7,11H,8-10H2,1-3H3. The summed E-state index contributed by atoms with van der Waals surface area (Å²) >= 11 is 0. The summed E-state index contributed by atoms with van der Waals surface area (Å²) in [7, 11) is 1.64. The minimum Gasteiger partial charge on any atom is -0.490 e. The topological polar surface area (TPSA) is 44.8 Å². The van der Waals surface area contributed by atoms with Crippen LogP contribution in [0.3, 0.4) is 0 Å². The van der Waals surface area contributed by atoms with Gasteiger partial charge in [0.25, 0.3) is 0 Å². The molecule has 4 heteroatoms. The van der Waals surface area contributed by atoms with E-state index in [9.17, 15) is 4.79 Å². The number of ketones is 1. The van der Waals surface area contributed by atoms with Crippen LogP contribution >= 0.6 is 0 Å². The molecule has 0 saturated heterocycles. The SMILES string of the molecule is COCC(C)OCCOc1ccccc1C(C)=O. The Balaban J connectivity index is 2.37. The second kappa shape index (κ2) is 7.84. The second-order valence-corrected chi connectivity index (χ2v) is 4.04. The third-order valence-corrected chi connectivity index (χ3v) is 2.41. The molecule has 0 N–H and O–H groups in total. The van der Waals surface area contributed by atoms with Crippen LogP contribution in [-0.4, -0.2) is 38.8 Å². The zero-order chi connectivity index (χ0) is 13.4. The summed E-state index contributed by atoms with van der Waals surface area (Å²) in [6.45, 7) is 4.91. The molecule has 0 aliphatic heterocycles. The lowest BCUT2D eigenvalue weighted by molar-refractivity contribution is -0.00221. The fraction of sp³-hybridized carbons (Fsp3) is 0.500. The maximum absolute atomic E-state index is 11.4. The first-order valence-corrected chi connectivity index (χ1v) is 5.98. The van der Waals surface area contributed by atoms with E-state index in [-0.39, 0.29) is 11.9 Å². The first-order valence-electron chi connectivity index (χ1n) is 5.98. The molecule has 0 aliphatic carbocycles. The van der Waals surface area contributed by atoms with Crippen LogP contribution in [0.4, 0.5) is 0 Å². The van der Waals surface area contributed by atoms with Crippen LogP contribution in [0.2, 0.25) is 0 Å². The van der Waals surface area contributed by atoms with Crippen molar-refractivity contribution in [3.8, 4) is 5.75 Å². The highest BCUT2D eigenvalue weighted by Crippen LogP contribution is 2.18. The third-order valence-electron chi connectivity index (χ3n) is 2.41. The molecule has 0 bridgehead atoms. The highest BCUT2D eigenvalue weighted by Gasteiger charge is 2.07. The van der Waals surface area contributed by atoms with Gasteiger partial charge in [-0.05, 0) is 26.0 Å². The predicted molar refractivity (Wildman–Crippen MR) is 69.2 cm³/mol. The van der Waals surface area contributed by atoms with Crippen LogP contribution in [0.1, 0.15) is 24.2 Å². The van der Waals surface area contributed by atoms with E-state index in [0.29, 0.717) is 31.1 Å². The second-order valence-electron chi connectivity index (χ2n) is 4.04. The highest BCUT2D eigenvalue weighted by atomic mass is 16.5. The summed E-state index contributed by atoms with van der Waals surface area (Å²) in [5.74, 6) is 0.604. The van der Waals surface area contributed by atoms with Crippen molar-refractivity contribution in [2.45, 2.75) is 20.0 Å². The number of methoxy groups -OCH3 is 1. The predicted octanol–water partition coefficient (Wildman–Crippen LogP) is 2.32. The average molecular weight is 252 g/mol. The number of Topliss-reactive ketones (excluding diaryl/α,β-unsaturated/α-hetero) is 1. The molecule has 1 aromatic rings. The maximum Gasteiger partial charge on any atom is 0.163 e. The molecule has 1 rings (SSSR count). The number of hydrogen-bond donors (Lipinski definition) is 0. The van der Waals surface area contributed by atoms with E-state index in [1.807, 2.05) is 19.1 Å². The van der Waals surface area contributed by atoms with E-state index in [2.05, 4.69) is 0 Å². The van der Waals surface area contributed by atoms with Gasteiger partial charge in [0.1, 0.15) is 12.4 Å². The number of rotatable bonds is 8. The Kier molecular flexibility index (Phi) is 6.39. The van der Waals surface area contributed by atoms with Crippen molar-refractivity contribution >= 4 is 5.78 Å². The lowest BCUT2D eigenvalue weighted by atomic mass is 10.1. The summed E-state index contributed by atoms with van der Waals surface area (Å²) in [6, 6.07) is 7.21. The Bertz CT molecular complexity index is 376. The third kappa shape index (κ3) is 4.85. The average Bonchev–Trinajstić information content (AvgIpc) is 2.35. The first-order chi connectivity index (χ1) is 8.65. The largest absolute Gasteiger partial charge is 0.490 e. The molecule has 0 saturated carbocycles. The summed E-state index contributed by atoms with van der Waals surface area (Å²) in [6.07, 6.45) is 0.0432. The van der Waals surface area contributed by atoms with Crippen LogP contribution in [0.5, 0.6) is 5.75 Å². The summed E-state index contributed by atoms with van der Waals surface area (Å²) in [5, 5.41) is 0. The Labute approximate surface area is 108 Å². The number of para-hydroxylation sites is 1. The molecule has 0 aliphatic rings. The number of benzene rings is 1. The van der Waals surface area contributed by atoms with E-state index in [1.54, 1.807) is 19.2 Å². The van der Waals surface area contributed by atoms with E-state index in [4.69, 9.17) is 14.2 Å². The fourth-order valence-corrected chi connectivity index (χ4v) is 1.57. The molecule has 18 heavy (non-hydrogen) atoms. The van der Waals surface area contributed by atoms with Gasteiger partial charge in [-0.25, -0.2) is 0 Å². The van der Waals surface area contributed by atoms with Crippen LogP contribution in [0.15, 0.2) is 24.3 Å². The van der Waals surface area contributed by atoms with Gasteiger partial charge in [-0.15, -0.1) is 0 Å². The Morgan fingerprint density at radius 1 is 1.28 bits per heavy atom. The van der Waals surface area contributed by atoms with Gasteiger partial charge in [0.15, 0.2) is 5.78 Å². The molecule has 100 valence electrons. The van der Waals surface area contributed by atoms with Gasteiger partial charge >= 0.3 is 0 Å².